The summed E-state index contributed by atoms with van der Waals surface area (Å²) < 4.78 is 12.5. The van der Waals surface area contributed by atoms with Gasteiger partial charge in [0.25, 0.3) is 0 Å². The first kappa shape index (κ1) is 16.1. The van der Waals surface area contributed by atoms with E-state index in [2.05, 4.69) is 46.9 Å². The van der Waals surface area contributed by atoms with E-state index in [1.54, 1.807) is 7.11 Å². The fourth-order valence-electron chi connectivity index (χ4n) is 2.05. The van der Waals surface area contributed by atoms with Gasteiger partial charge in [-0.05, 0) is 65.3 Å². The Morgan fingerprint density at radius 2 is 1.86 bits per heavy atom. The number of halogens is 1. The van der Waals surface area contributed by atoms with Crippen LogP contribution in [0.2, 0.25) is 0 Å². The molecule has 2 aromatic carbocycles. The van der Waals surface area contributed by atoms with E-state index in [0.717, 1.165) is 29.0 Å². The lowest BCUT2D eigenvalue weighted by Crippen LogP contribution is -2.18. The molecule has 0 fully saturated rings. The molecule has 0 amide bonds. The Bertz CT molecular complexity index is 582. The molecule has 0 aliphatic rings. The smallest absolute Gasteiger partial charge is 0.126 e. The summed E-state index contributed by atoms with van der Waals surface area (Å²) in [5.74, 6) is 1.63. The van der Waals surface area contributed by atoms with Crippen LogP contribution in [0.15, 0.2) is 42.5 Å². The highest BCUT2D eigenvalue weighted by atomic mass is 127. The minimum Gasteiger partial charge on any atom is -0.497 e. The molecule has 0 aromatic heterocycles. The fraction of sp³-hybridized carbons (Fsp3) is 0.294. The van der Waals surface area contributed by atoms with Crippen LogP contribution >= 0.6 is 22.6 Å². The molecule has 0 spiro atoms. The van der Waals surface area contributed by atoms with Crippen molar-refractivity contribution in [3.05, 3.63) is 57.2 Å². The number of ether oxygens (including phenoxy) is 2. The minimum absolute atomic E-state index is 0.0963. The van der Waals surface area contributed by atoms with Crippen molar-refractivity contribution in [2.24, 2.45) is 5.73 Å². The predicted molar refractivity (Wildman–Crippen MR) is 93.8 cm³/mol. The molecule has 0 heterocycles. The van der Waals surface area contributed by atoms with E-state index in [0.29, 0.717) is 6.61 Å². The zero-order valence-corrected chi connectivity index (χ0v) is 14.5. The van der Waals surface area contributed by atoms with E-state index >= 15 is 0 Å². The minimum atomic E-state index is 0.0963. The third-order valence-corrected chi connectivity index (χ3v) is 3.84. The summed E-state index contributed by atoms with van der Waals surface area (Å²) in [4.78, 5) is 0. The zero-order chi connectivity index (χ0) is 15.2. The summed E-state index contributed by atoms with van der Waals surface area (Å²) in [6.07, 6.45) is 0.784. The first-order valence-corrected chi connectivity index (χ1v) is 7.96. The van der Waals surface area contributed by atoms with Crippen molar-refractivity contribution in [2.45, 2.75) is 26.0 Å². The molecule has 0 saturated carbocycles. The van der Waals surface area contributed by atoms with Crippen LogP contribution in [-0.4, -0.2) is 13.2 Å². The van der Waals surface area contributed by atoms with E-state index in [9.17, 15) is 0 Å². The molecule has 1 atom stereocenters. The lowest BCUT2D eigenvalue weighted by Gasteiger charge is -2.14. The SMILES string of the molecule is COc1ccc(CC(C)N)c(OCc2ccc(I)cc2)c1. The van der Waals surface area contributed by atoms with Gasteiger partial charge in [0.2, 0.25) is 0 Å². The second-order valence-electron chi connectivity index (χ2n) is 5.07. The number of hydrogen-bond acceptors (Lipinski definition) is 3. The van der Waals surface area contributed by atoms with E-state index in [1.165, 1.54) is 3.57 Å². The van der Waals surface area contributed by atoms with Crippen molar-refractivity contribution < 1.29 is 9.47 Å². The molecule has 3 nitrogen and oxygen atoms in total. The second kappa shape index (κ2) is 7.66. The quantitative estimate of drug-likeness (QED) is 0.755. The van der Waals surface area contributed by atoms with Gasteiger partial charge < -0.3 is 15.2 Å². The summed E-state index contributed by atoms with van der Waals surface area (Å²) >= 11 is 2.29. The molecule has 2 rings (SSSR count). The normalized spacial score (nSPS) is 12.0. The highest BCUT2D eigenvalue weighted by molar-refractivity contribution is 14.1. The lowest BCUT2D eigenvalue weighted by atomic mass is 10.1. The van der Waals surface area contributed by atoms with Crippen LogP contribution in [0.1, 0.15) is 18.1 Å². The van der Waals surface area contributed by atoms with Crippen LogP contribution in [0.4, 0.5) is 0 Å². The molecule has 0 radical (unpaired) electrons. The van der Waals surface area contributed by atoms with Gasteiger partial charge in [-0.3, -0.25) is 0 Å². The Morgan fingerprint density at radius 1 is 1.14 bits per heavy atom. The van der Waals surface area contributed by atoms with Crippen LogP contribution < -0.4 is 15.2 Å². The average molecular weight is 397 g/mol. The number of methoxy groups -OCH3 is 1. The topological polar surface area (TPSA) is 44.5 Å². The molecular weight excluding hydrogens is 377 g/mol. The van der Waals surface area contributed by atoms with Gasteiger partial charge in [0.15, 0.2) is 0 Å². The number of rotatable bonds is 6. The first-order valence-electron chi connectivity index (χ1n) is 6.88. The monoisotopic (exact) mass is 397 g/mol. The highest BCUT2D eigenvalue weighted by Gasteiger charge is 2.08. The first-order chi connectivity index (χ1) is 10.1. The van der Waals surface area contributed by atoms with Gasteiger partial charge in [-0.15, -0.1) is 0 Å². The Hall–Kier alpha value is -1.27. The fourth-order valence-corrected chi connectivity index (χ4v) is 2.41. The van der Waals surface area contributed by atoms with Crippen molar-refractivity contribution in [3.63, 3.8) is 0 Å². The van der Waals surface area contributed by atoms with Gasteiger partial charge in [-0.2, -0.15) is 0 Å². The summed E-state index contributed by atoms with van der Waals surface area (Å²) in [5, 5.41) is 0. The lowest BCUT2D eigenvalue weighted by molar-refractivity contribution is 0.300. The molecular formula is C17H20INO2. The molecule has 1 unspecified atom stereocenters. The van der Waals surface area contributed by atoms with Crippen LogP contribution in [0.5, 0.6) is 11.5 Å². The molecule has 21 heavy (non-hydrogen) atoms. The van der Waals surface area contributed by atoms with Gasteiger partial charge in [0.1, 0.15) is 18.1 Å². The van der Waals surface area contributed by atoms with Gasteiger partial charge in [-0.25, -0.2) is 0 Å². The summed E-state index contributed by atoms with van der Waals surface area (Å²) in [6.45, 7) is 2.53. The largest absolute Gasteiger partial charge is 0.497 e. The number of hydrogen-bond donors (Lipinski definition) is 1. The third-order valence-electron chi connectivity index (χ3n) is 3.12. The van der Waals surface area contributed by atoms with E-state index in [-0.39, 0.29) is 6.04 Å². The maximum Gasteiger partial charge on any atom is 0.126 e. The maximum atomic E-state index is 5.97. The number of nitrogens with two attached hydrogens (primary N) is 1. The van der Waals surface area contributed by atoms with Crippen molar-refractivity contribution in [3.8, 4) is 11.5 Å². The summed E-state index contributed by atoms with van der Waals surface area (Å²) in [7, 11) is 1.66. The van der Waals surface area contributed by atoms with Crippen molar-refractivity contribution in [2.75, 3.05) is 7.11 Å². The van der Waals surface area contributed by atoms with Crippen LogP contribution in [0.3, 0.4) is 0 Å². The molecule has 112 valence electrons. The van der Waals surface area contributed by atoms with Crippen molar-refractivity contribution in [1.82, 2.24) is 0 Å². The van der Waals surface area contributed by atoms with Crippen LogP contribution in [0.25, 0.3) is 0 Å². The van der Waals surface area contributed by atoms with Crippen LogP contribution in [-0.2, 0) is 13.0 Å². The van der Waals surface area contributed by atoms with Crippen molar-refractivity contribution in [1.29, 1.82) is 0 Å². The predicted octanol–water partition coefficient (Wildman–Crippen LogP) is 3.77. The van der Waals surface area contributed by atoms with E-state index in [1.807, 2.05) is 25.1 Å². The van der Waals surface area contributed by atoms with Crippen molar-refractivity contribution >= 4 is 22.6 Å². The highest BCUT2D eigenvalue weighted by Crippen LogP contribution is 2.26. The van der Waals surface area contributed by atoms with E-state index < -0.39 is 0 Å². The Morgan fingerprint density at radius 3 is 2.48 bits per heavy atom. The Balaban J connectivity index is 2.14. The Kier molecular flexibility index (Phi) is 5.87. The second-order valence-corrected chi connectivity index (χ2v) is 6.32. The maximum absolute atomic E-state index is 5.97. The number of benzene rings is 2. The molecule has 4 heteroatoms. The molecule has 0 aliphatic carbocycles. The van der Waals surface area contributed by atoms with Crippen LogP contribution in [0, 0.1) is 3.57 Å². The standard InChI is InChI=1S/C17H20INO2/c1-12(19)9-14-5-8-16(20-2)10-17(14)21-11-13-3-6-15(18)7-4-13/h3-8,10,12H,9,11,19H2,1-2H3. The molecule has 2 aromatic rings. The molecule has 2 N–H and O–H groups in total. The van der Waals surface area contributed by atoms with Gasteiger partial charge >= 0.3 is 0 Å². The van der Waals surface area contributed by atoms with Gasteiger partial charge in [-0.1, -0.05) is 18.2 Å². The average Bonchev–Trinajstić information content (AvgIpc) is 2.47. The summed E-state index contributed by atoms with van der Waals surface area (Å²) in [6, 6.07) is 14.3. The van der Waals surface area contributed by atoms with E-state index in [4.69, 9.17) is 15.2 Å². The Labute approximate surface area is 139 Å². The molecule has 0 saturated heterocycles. The third kappa shape index (κ3) is 4.89. The van der Waals surface area contributed by atoms with Gasteiger partial charge in [0.05, 0.1) is 7.11 Å². The zero-order valence-electron chi connectivity index (χ0n) is 12.3. The summed E-state index contributed by atoms with van der Waals surface area (Å²) in [5.41, 5.74) is 8.15. The van der Waals surface area contributed by atoms with Gasteiger partial charge in [0, 0.05) is 15.7 Å². The molecule has 0 aliphatic heterocycles. The molecule has 0 bridgehead atoms.